The fraction of sp³-hybridized carbons (Fsp3) is 0.783. The van der Waals surface area contributed by atoms with Gasteiger partial charge in [0.05, 0.1) is 0 Å². The molecule has 0 spiro atoms. The second-order valence-electron chi connectivity index (χ2n) is 8.41. The van der Waals surface area contributed by atoms with Crippen molar-refractivity contribution in [3.05, 3.63) is 17.5 Å². The van der Waals surface area contributed by atoms with Crippen LogP contribution >= 0.6 is 0 Å². The molecule has 5 nitrogen and oxygen atoms in total. The van der Waals surface area contributed by atoms with Gasteiger partial charge in [-0.15, -0.1) is 0 Å². The van der Waals surface area contributed by atoms with Gasteiger partial charge in [0.25, 0.3) is 0 Å². The molecule has 1 aliphatic rings. The lowest BCUT2D eigenvalue weighted by atomic mass is 10.1. The summed E-state index contributed by atoms with van der Waals surface area (Å²) in [7, 11) is 0. The average molecular weight is 389 g/mol. The molecular formula is C23H40N4O. The first-order valence-corrected chi connectivity index (χ1v) is 11.4. The van der Waals surface area contributed by atoms with Crippen molar-refractivity contribution in [3.63, 3.8) is 0 Å². The summed E-state index contributed by atoms with van der Waals surface area (Å²) in [6, 6.07) is 1.98. The smallest absolute Gasteiger partial charge is 0.223 e. The van der Waals surface area contributed by atoms with Crippen LogP contribution in [-0.2, 0) is 4.79 Å². The third kappa shape index (κ3) is 9.03. The first-order chi connectivity index (χ1) is 13.6. The van der Waals surface area contributed by atoms with Crippen LogP contribution in [-0.4, -0.2) is 29.0 Å². The number of nitrogens with one attached hydrogen (secondary N) is 2. The van der Waals surface area contributed by atoms with Crippen molar-refractivity contribution in [1.29, 1.82) is 0 Å². The second-order valence-corrected chi connectivity index (χ2v) is 8.41. The van der Waals surface area contributed by atoms with Gasteiger partial charge in [-0.1, -0.05) is 45.4 Å². The number of aromatic nitrogens is 2. The lowest BCUT2D eigenvalue weighted by Crippen LogP contribution is -2.26. The highest BCUT2D eigenvalue weighted by molar-refractivity contribution is 5.81. The highest BCUT2D eigenvalue weighted by atomic mass is 16.2. The van der Waals surface area contributed by atoms with E-state index in [2.05, 4.69) is 27.5 Å². The molecule has 0 aliphatic heterocycles. The van der Waals surface area contributed by atoms with Crippen molar-refractivity contribution in [2.24, 2.45) is 11.8 Å². The Hall–Kier alpha value is -1.65. The zero-order valence-electron chi connectivity index (χ0n) is 18.2. The minimum atomic E-state index is 0.290. The number of unbranched alkanes of at least 4 members (excludes halogenated alkanes) is 7. The van der Waals surface area contributed by atoms with Crippen LogP contribution in [0, 0.1) is 25.7 Å². The molecule has 0 bridgehead atoms. The second kappa shape index (κ2) is 12.7. The Kier molecular flexibility index (Phi) is 10.3. The van der Waals surface area contributed by atoms with Gasteiger partial charge in [-0.05, 0) is 57.9 Å². The van der Waals surface area contributed by atoms with Crippen LogP contribution in [0.5, 0.6) is 0 Å². The van der Waals surface area contributed by atoms with Gasteiger partial charge in [-0.2, -0.15) is 0 Å². The number of hydrogen-bond acceptors (Lipinski definition) is 4. The van der Waals surface area contributed by atoms with Crippen LogP contribution in [0.3, 0.4) is 0 Å². The summed E-state index contributed by atoms with van der Waals surface area (Å²) >= 11 is 0. The largest absolute Gasteiger partial charge is 0.356 e. The van der Waals surface area contributed by atoms with Gasteiger partial charge in [0, 0.05) is 30.4 Å². The fourth-order valence-corrected chi connectivity index (χ4v) is 3.85. The van der Waals surface area contributed by atoms with E-state index in [-0.39, 0.29) is 5.91 Å². The molecule has 0 saturated heterocycles. The van der Waals surface area contributed by atoms with Crippen molar-refractivity contribution in [2.75, 3.05) is 18.4 Å². The van der Waals surface area contributed by atoms with Crippen molar-refractivity contribution >= 4 is 11.9 Å². The Morgan fingerprint density at radius 3 is 2.36 bits per heavy atom. The number of hydrogen-bond donors (Lipinski definition) is 2. The number of anilines is 1. The summed E-state index contributed by atoms with van der Waals surface area (Å²) in [5.74, 6) is 1.97. The Balaban J connectivity index is 1.42. The molecule has 1 saturated carbocycles. The Labute approximate surface area is 171 Å². The molecule has 2 unspecified atom stereocenters. The molecule has 1 aliphatic carbocycles. The van der Waals surface area contributed by atoms with Gasteiger partial charge in [0.15, 0.2) is 0 Å². The molecule has 2 N–H and O–H groups in total. The zero-order valence-corrected chi connectivity index (χ0v) is 18.2. The van der Waals surface area contributed by atoms with Gasteiger partial charge in [-0.25, -0.2) is 9.97 Å². The Morgan fingerprint density at radius 1 is 0.964 bits per heavy atom. The van der Waals surface area contributed by atoms with Crippen molar-refractivity contribution < 1.29 is 4.79 Å². The molecule has 5 heteroatoms. The summed E-state index contributed by atoms with van der Waals surface area (Å²) in [5.41, 5.74) is 1.99. The monoisotopic (exact) mass is 388 g/mol. The van der Waals surface area contributed by atoms with E-state index in [1.807, 2.05) is 19.9 Å². The van der Waals surface area contributed by atoms with E-state index >= 15 is 0 Å². The third-order valence-electron chi connectivity index (χ3n) is 5.61. The molecule has 1 heterocycles. The van der Waals surface area contributed by atoms with Crippen molar-refractivity contribution in [3.8, 4) is 0 Å². The summed E-state index contributed by atoms with van der Waals surface area (Å²) < 4.78 is 0. The Morgan fingerprint density at radius 2 is 1.61 bits per heavy atom. The predicted molar refractivity (Wildman–Crippen MR) is 116 cm³/mol. The molecule has 0 aromatic carbocycles. The van der Waals surface area contributed by atoms with Crippen LogP contribution in [0.4, 0.5) is 5.95 Å². The molecule has 28 heavy (non-hydrogen) atoms. The number of carbonyl (C=O) groups excluding carboxylic acids is 1. The fourth-order valence-electron chi connectivity index (χ4n) is 3.85. The maximum Gasteiger partial charge on any atom is 0.223 e. The standard InChI is InChI=1S/C23H40N4O/c1-4-5-6-7-8-10-13-20-17-21(20)22(28)24-14-11-9-12-15-25-23-26-18(2)16-19(3)27-23/h16,20-21H,4-15,17H2,1-3H3,(H,24,28)(H,25,26,27). The number of amides is 1. The molecule has 1 aromatic heterocycles. The van der Waals surface area contributed by atoms with E-state index in [1.54, 1.807) is 0 Å². The van der Waals surface area contributed by atoms with E-state index in [0.29, 0.717) is 11.8 Å². The quantitative estimate of drug-likeness (QED) is 0.406. The van der Waals surface area contributed by atoms with Gasteiger partial charge in [-0.3, -0.25) is 4.79 Å². The van der Waals surface area contributed by atoms with Crippen LogP contribution in [0.1, 0.15) is 88.9 Å². The average Bonchev–Trinajstić information content (AvgIpc) is 3.42. The van der Waals surface area contributed by atoms with E-state index in [1.165, 1.54) is 44.9 Å². The lowest BCUT2D eigenvalue weighted by molar-refractivity contribution is -0.122. The van der Waals surface area contributed by atoms with E-state index in [9.17, 15) is 4.79 Å². The van der Waals surface area contributed by atoms with Crippen LogP contribution < -0.4 is 10.6 Å². The number of carbonyl (C=O) groups is 1. The highest BCUT2D eigenvalue weighted by Gasteiger charge is 2.41. The minimum Gasteiger partial charge on any atom is -0.356 e. The summed E-state index contributed by atoms with van der Waals surface area (Å²) in [6.45, 7) is 7.91. The first-order valence-electron chi connectivity index (χ1n) is 11.4. The van der Waals surface area contributed by atoms with Gasteiger partial charge in [0.2, 0.25) is 11.9 Å². The summed E-state index contributed by atoms with van der Waals surface area (Å²) in [6.07, 6.45) is 13.6. The molecule has 0 radical (unpaired) electrons. The van der Waals surface area contributed by atoms with Gasteiger partial charge < -0.3 is 10.6 Å². The maximum atomic E-state index is 12.2. The molecule has 158 valence electrons. The third-order valence-corrected chi connectivity index (χ3v) is 5.61. The van der Waals surface area contributed by atoms with E-state index in [0.717, 1.165) is 56.1 Å². The SMILES string of the molecule is CCCCCCCCC1CC1C(=O)NCCCCCNc1nc(C)cc(C)n1. The molecule has 1 fully saturated rings. The normalized spacial score (nSPS) is 18.1. The van der Waals surface area contributed by atoms with Crippen LogP contribution in [0.25, 0.3) is 0 Å². The Bertz CT molecular complexity index is 570. The molecule has 1 aromatic rings. The number of aryl methyl sites for hydroxylation is 2. The predicted octanol–water partition coefficient (Wildman–Crippen LogP) is 5.18. The number of nitrogens with zero attached hydrogens (tertiary/aromatic N) is 2. The van der Waals surface area contributed by atoms with Gasteiger partial charge >= 0.3 is 0 Å². The van der Waals surface area contributed by atoms with Crippen molar-refractivity contribution in [1.82, 2.24) is 15.3 Å². The number of rotatable bonds is 15. The summed E-state index contributed by atoms with van der Waals surface area (Å²) in [4.78, 5) is 21.0. The molecular weight excluding hydrogens is 348 g/mol. The van der Waals surface area contributed by atoms with Crippen LogP contribution in [0.15, 0.2) is 6.07 Å². The minimum absolute atomic E-state index is 0.290. The van der Waals surface area contributed by atoms with Crippen LogP contribution in [0.2, 0.25) is 0 Å². The lowest BCUT2D eigenvalue weighted by Gasteiger charge is -2.07. The molecule has 2 rings (SSSR count). The maximum absolute atomic E-state index is 12.2. The molecule has 1 amide bonds. The van der Waals surface area contributed by atoms with E-state index < -0.39 is 0 Å². The zero-order chi connectivity index (χ0) is 20.2. The summed E-state index contributed by atoms with van der Waals surface area (Å²) in [5, 5.41) is 6.42. The van der Waals surface area contributed by atoms with Crippen molar-refractivity contribution in [2.45, 2.75) is 91.4 Å². The van der Waals surface area contributed by atoms with Gasteiger partial charge in [0.1, 0.15) is 0 Å². The van der Waals surface area contributed by atoms with E-state index in [4.69, 9.17) is 0 Å². The molecule has 2 atom stereocenters. The first kappa shape index (κ1) is 22.6. The topological polar surface area (TPSA) is 66.9 Å². The highest BCUT2D eigenvalue weighted by Crippen LogP contribution is 2.42.